The third-order valence-corrected chi connectivity index (χ3v) is 15.9. The molecular formula is C76H136O6. The Morgan fingerprint density at radius 3 is 0.780 bits per heavy atom. The molecular weight excluding hydrogens is 1010 g/mol. The van der Waals surface area contributed by atoms with Crippen molar-refractivity contribution in [1.82, 2.24) is 0 Å². The number of allylic oxidation sites excluding steroid dienone is 12. The summed E-state index contributed by atoms with van der Waals surface area (Å²) >= 11 is 0. The Bertz CT molecular complexity index is 1500. The predicted molar refractivity (Wildman–Crippen MR) is 358 cm³/mol. The third kappa shape index (κ3) is 67.6. The minimum Gasteiger partial charge on any atom is -0.462 e. The summed E-state index contributed by atoms with van der Waals surface area (Å²) in [5.74, 6) is -0.879. The lowest BCUT2D eigenvalue weighted by atomic mass is 10.0. The summed E-state index contributed by atoms with van der Waals surface area (Å²) in [6, 6.07) is 0. The highest BCUT2D eigenvalue weighted by molar-refractivity contribution is 5.71. The minimum absolute atomic E-state index is 0.0784. The molecule has 0 N–H and O–H groups in total. The summed E-state index contributed by atoms with van der Waals surface area (Å²) < 4.78 is 16.9. The Labute approximate surface area is 510 Å². The Morgan fingerprint density at radius 1 is 0.256 bits per heavy atom. The molecule has 0 aliphatic heterocycles. The second kappa shape index (κ2) is 70.3. The maximum atomic E-state index is 12.9. The molecule has 0 radical (unpaired) electrons. The molecule has 6 nitrogen and oxygen atoms in total. The molecule has 476 valence electrons. The molecule has 82 heavy (non-hydrogen) atoms. The molecule has 0 aromatic heterocycles. The van der Waals surface area contributed by atoms with Crippen LogP contribution in [0.2, 0.25) is 0 Å². The van der Waals surface area contributed by atoms with Gasteiger partial charge in [-0.25, -0.2) is 0 Å². The van der Waals surface area contributed by atoms with Crippen molar-refractivity contribution in [2.45, 2.75) is 380 Å². The van der Waals surface area contributed by atoms with E-state index in [2.05, 4.69) is 93.7 Å². The van der Waals surface area contributed by atoms with Crippen LogP contribution < -0.4 is 0 Å². The number of carbonyl (C=O) groups is 3. The molecule has 0 heterocycles. The van der Waals surface area contributed by atoms with Gasteiger partial charge < -0.3 is 14.2 Å². The zero-order valence-corrected chi connectivity index (χ0v) is 54.8. The van der Waals surface area contributed by atoms with E-state index in [0.29, 0.717) is 19.3 Å². The molecule has 1 atom stereocenters. The molecule has 0 aliphatic rings. The standard InChI is InChI=1S/C76H136O6/c1-4-7-10-13-16-19-22-25-27-29-30-31-32-33-34-35-36-37-38-39-40-41-42-43-44-45-46-48-49-51-54-57-60-63-66-69-75(78)81-72-73(71-80-74(77)68-65-62-59-56-53-24-21-18-15-12-9-6-3)82-76(79)70-67-64-61-58-55-52-50-47-28-26-23-20-17-14-11-8-5-2/h8,11,17-18,20-22,25-26,28-30,73H,4-7,9-10,12-16,19,23-24,27,31-72H2,1-3H3/b11-8-,20-17-,21-18-,25-22-,28-26-,30-29-. The maximum absolute atomic E-state index is 12.9. The largest absolute Gasteiger partial charge is 0.462 e. The van der Waals surface area contributed by atoms with Crippen molar-refractivity contribution < 1.29 is 28.6 Å². The number of esters is 3. The molecule has 0 aliphatic carbocycles. The van der Waals surface area contributed by atoms with Gasteiger partial charge >= 0.3 is 17.9 Å². The lowest BCUT2D eigenvalue weighted by Gasteiger charge is -2.18. The van der Waals surface area contributed by atoms with Crippen LogP contribution in [0.4, 0.5) is 0 Å². The van der Waals surface area contributed by atoms with Crippen molar-refractivity contribution in [2.75, 3.05) is 13.2 Å². The summed E-state index contributed by atoms with van der Waals surface area (Å²) in [4.78, 5) is 38.3. The van der Waals surface area contributed by atoms with Gasteiger partial charge in [0.2, 0.25) is 0 Å². The first-order valence-electron chi connectivity index (χ1n) is 35.9. The van der Waals surface area contributed by atoms with Crippen molar-refractivity contribution in [2.24, 2.45) is 0 Å². The van der Waals surface area contributed by atoms with E-state index in [0.717, 1.165) is 96.3 Å². The molecule has 0 aromatic carbocycles. The second-order valence-corrected chi connectivity index (χ2v) is 24.1. The van der Waals surface area contributed by atoms with Gasteiger partial charge in [-0.1, -0.05) is 318 Å². The van der Waals surface area contributed by atoms with Crippen LogP contribution in [0, 0.1) is 0 Å². The molecule has 0 rings (SSSR count). The first kappa shape index (κ1) is 78.8. The van der Waals surface area contributed by atoms with Gasteiger partial charge in [0.25, 0.3) is 0 Å². The number of unbranched alkanes of at least 4 members (excludes halogenated alkanes) is 43. The van der Waals surface area contributed by atoms with Crippen LogP contribution in [0.3, 0.4) is 0 Å². The lowest BCUT2D eigenvalue weighted by molar-refractivity contribution is -0.167. The van der Waals surface area contributed by atoms with Gasteiger partial charge in [-0.05, 0) is 109 Å². The molecule has 0 aromatic rings. The fourth-order valence-corrected chi connectivity index (χ4v) is 10.5. The Morgan fingerprint density at radius 2 is 0.476 bits per heavy atom. The van der Waals surface area contributed by atoms with Gasteiger partial charge in [0.05, 0.1) is 0 Å². The van der Waals surface area contributed by atoms with Crippen LogP contribution in [0.5, 0.6) is 0 Å². The SMILES string of the molecule is CC/C=C\C/C=C\C/C=C\CCCCCCCCCC(=O)OC(COC(=O)CCCCCCC/C=C\CCCCC)COC(=O)CCCCCCCCCCCCCCCCCCCCCCCCC/C=C\C/C=C\CCCCCCC. The average molecular weight is 1150 g/mol. The second-order valence-electron chi connectivity index (χ2n) is 24.1. The highest BCUT2D eigenvalue weighted by Crippen LogP contribution is 2.18. The summed E-state index contributed by atoms with van der Waals surface area (Å²) in [5.41, 5.74) is 0. The summed E-state index contributed by atoms with van der Waals surface area (Å²) in [6.07, 6.45) is 92.4. The van der Waals surface area contributed by atoms with E-state index >= 15 is 0 Å². The van der Waals surface area contributed by atoms with Gasteiger partial charge in [-0.2, -0.15) is 0 Å². The lowest BCUT2D eigenvalue weighted by Crippen LogP contribution is -2.30. The van der Waals surface area contributed by atoms with Crippen LogP contribution in [0.1, 0.15) is 374 Å². The van der Waals surface area contributed by atoms with Crippen molar-refractivity contribution in [3.8, 4) is 0 Å². The van der Waals surface area contributed by atoms with Crippen molar-refractivity contribution in [3.63, 3.8) is 0 Å². The summed E-state index contributed by atoms with van der Waals surface area (Å²) in [7, 11) is 0. The monoisotopic (exact) mass is 1150 g/mol. The topological polar surface area (TPSA) is 78.9 Å². The summed E-state index contributed by atoms with van der Waals surface area (Å²) in [5, 5.41) is 0. The number of ether oxygens (including phenoxy) is 3. The van der Waals surface area contributed by atoms with Crippen LogP contribution >= 0.6 is 0 Å². The van der Waals surface area contributed by atoms with E-state index in [-0.39, 0.29) is 31.1 Å². The predicted octanol–water partition coefficient (Wildman–Crippen LogP) is 24.8. The highest BCUT2D eigenvalue weighted by Gasteiger charge is 2.19. The van der Waals surface area contributed by atoms with Crippen molar-refractivity contribution in [1.29, 1.82) is 0 Å². The normalized spacial score (nSPS) is 12.5. The van der Waals surface area contributed by atoms with Gasteiger partial charge in [0.15, 0.2) is 6.10 Å². The maximum Gasteiger partial charge on any atom is 0.306 e. The number of rotatable bonds is 66. The minimum atomic E-state index is -0.783. The third-order valence-electron chi connectivity index (χ3n) is 15.9. The molecule has 0 bridgehead atoms. The van der Waals surface area contributed by atoms with E-state index in [1.807, 2.05) is 0 Å². The van der Waals surface area contributed by atoms with Crippen LogP contribution in [0.15, 0.2) is 72.9 Å². The van der Waals surface area contributed by atoms with Crippen molar-refractivity contribution in [3.05, 3.63) is 72.9 Å². The summed E-state index contributed by atoms with van der Waals surface area (Å²) in [6.45, 7) is 6.53. The Balaban J connectivity index is 4.08. The molecule has 0 saturated heterocycles. The van der Waals surface area contributed by atoms with Gasteiger partial charge in [0.1, 0.15) is 13.2 Å². The fourth-order valence-electron chi connectivity index (χ4n) is 10.5. The highest BCUT2D eigenvalue weighted by atomic mass is 16.6. The Hall–Kier alpha value is -3.15. The molecule has 0 fully saturated rings. The van der Waals surface area contributed by atoms with E-state index in [1.165, 1.54) is 238 Å². The smallest absolute Gasteiger partial charge is 0.306 e. The number of carbonyl (C=O) groups excluding carboxylic acids is 3. The molecule has 0 spiro atoms. The van der Waals surface area contributed by atoms with Gasteiger partial charge in [-0.3, -0.25) is 14.4 Å². The van der Waals surface area contributed by atoms with E-state index in [1.54, 1.807) is 0 Å². The first-order chi connectivity index (χ1) is 40.5. The van der Waals surface area contributed by atoms with Gasteiger partial charge in [0, 0.05) is 19.3 Å². The Kier molecular flexibility index (Phi) is 67.6. The zero-order valence-electron chi connectivity index (χ0n) is 54.8. The van der Waals surface area contributed by atoms with Crippen LogP contribution in [-0.2, 0) is 28.6 Å². The molecule has 0 saturated carbocycles. The first-order valence-corrected chi connectivity index (χ1v) is 35.9. The fraction of sp³-hybridized carbons (Fsp3) is 0.803. The average Bonchev–Trinajstić information content (AvgIpc) is 3.47. The van der Waals surface area contributed by atoms with Gasteiger partial charge in [-0.15, -0.1) is 0 Å². The van der Waals surface area contributed by atoms with Crippen molar-refractivity contribution >= 4 is 17.9 Å². The number of hydrogen-bond donors (Lipinski definition) is 0. The van der Waals surface area contributed by atoms with E-state index < -0.39 is 6.10 Å². The van der Waals surface area contributed by atoms with Crippen LogP contribution in [0.25, 0.3) is 0 Å². The quantitative estimate of drug-likeness (QED) is 0.0261. The molecule has 1 unspecified atom stereocenters. The van der Waals surface area contributed by atoms with E-state index in [4.69, 9.17) is 14.2 Å². The molecule has 0 amide bonds. The zero-order chi connectivity index (χ0) is 59.2. The van der Waals surface area contributed by atoms with E-state index in [9.17, 15) is 14.4 Å². The molecule has 6 heteroatoms. The van der Waals surface area contributed by atoms with Crippen LogP contribution in [-0.4, -0.2) is 37.2 Å². The number of hydrogen-bond acceptors (Lipinski definition) is 6.